The highest BCUT2D eigenvalue weighted by Crippen LogP contribution is 2.35. The molecule has 0 spiro atoms. The van der Waals surface area contributed by atoms with Gasteiger partial charge in [0, 0.05) is 0 Å². The molecule has 2 unspecified atom stereocenters. The van der Waals surface area contributed by atoms with Gasteiger partial charge >= 0.3 is 6.36 Å². The molecular weight excluding hydrogens is 257 g/mol. The van der Waals surface area contributed by atoms with Gasteiger partial charge in [0.15, 0.2) is 0 Å². The highest BCUT2D eigenvalue weighted by atomic mass is 19.4. The lowest BCUT2D eigenvalue weighted by Gasteiger charge is -2.22. The fourth-order valence-corrected chi connectivity index (χ4v) is 2.65. The minimum Gasteiger partial charge on any atom is -0.388 e. The number of hydrogen-bond acceptors (Lipinski definition) is 2. The van der Waals surface area contributed by atoms with E-state index in [0.717, 1.165) is 30.4 Å². The number of ether oxygens (including phenoxy) is 1. The summed E-state index contributed by atoms with van der Waals surface area (Å²) < 4.78 is 39.6. The molecule has 5 heteroatoms. The molecule has 0 saturated heterocycles. The average Bonchev–Trinajstić information content (AvgIpc) is 2.49. The van der Waals surface area contributed by atoms with Gasteiger partial charge in [0.1, 0.15) is 0 Å². The first kappa shape index (κ1) is 14.3. The highest BCUT2D eigenvalue weighted by molar-refractivity contribution is 5.30. The van der Waals surface area contributed by atoms with Crippen molar-refractivity contribution in [3.8, 4) is 0 Å². The standard InChI is InChI=1S/C14H17F3O2/c15-14(16,17)19-9-8-11-6-3-5-10-4-1-2-7-12(10)13(11)18/h1-2,4,7,11,13,18H,3,5-6,8-9H2. The van der Waals surface area contributed by atoms with Crippen LogP contribution < -0.4 is 0 Å². The summed E-state index contributed by atoms with van der Waals surface area (Å²) in [6.07, 6.45) is -2.61. The van der Waals surface area contributed by atoms with Crippen LogP contribution in [0.25, 0.3) is 0 Å². The van der Waals surface area contributed by atoms with E-state index in [1.807, 2.05) is 24.3 Å². The van der Waals surface area contributed by atoms with Crippen molar-refractivity contribution < 1.29 is 23.0 Å². The quantitative estimate of drug-likeness (QED) is 0.853. The number of aliphatic hydroxyl groups is 1. The lowest BCUT2D eigenvalue weighted by atomic mass is 9.91. The van der Waals surface area contributed by atoms with Crippen molar-refractivity contribution in [2.75, 3.05) is 6.61 Å². The number of alkyl halides is 3. The topological polar surface area (TPSA) is 29.5 Å². The predicted molar refractivity (Wildman–Crippen MR) is 64.5 cm³/mol. The smallest absolute Gasteiger partial charge is 0.388 e. The number of aliphatic hydroxyl groups excluding tert-OH is 1. The molecule has 0 fully saturated rings. The number of fused-ring (bicyclic) bond motifs is 1. The van der Waals surface area contributed by atoms with Crippen molar-refractivity contribution in [2.45, 2.75) is 38.1 Å². The maximum Gasteiger partial charge on any atom is 0.522 e. The Morgan fingerprint density at radius 3 is 2.74 bits per heavy atom. The highest BCUT2D eigenvalue weighted by Gasteiger charge is 2.31. The third-order valence-corrected chi connectivity index (χ3v) is 3.60. The summed E-state index contributed by atoms with van der Waals surface area (Å²) in [6, 6.07) is 7.57. The van der Waals surface area contributed by atoms with Gasteiger partial charge in [-0.15, -0.1) is 13.2 Å². The number of halogens is 3. The molecule has 0 aliphatic heterocycles. The van der Waals surface area contributed by atoms with Crippen molar-refractivity contribution in [1.82, 2.24) is 0 Å². The van der Waals surface area contributed by atoms with Crippen LogP contribution in [0.4, 0.5) is 13.2 Å². The van der Waals surface area contributed by atoms with Gasteiger partial charge in [-0.1, -0.05) is 24.3 Å². The molecule has 2 nitrogen and oxygen atoms in total. The Balaban J connectivity index is 1.99. The molecule has 2 rings (SSSR count). The van der Waals surface area contributed by atoms with Gasteiger partial charge in [0.2, 0.25) is 0 Å². The molecule has 1 aromatic carbocycles. The van der Waals surface area contributed by atoms with Crippen LogP contribution in [0.3, 0.4) is 0 Å². The second kappa shape index (κ2) is 5.92. The summed E-state index contributed by atoms with van der Waals surface area (Å²) in [4.78, 5) is 0. The maximum atomic E-state index is 11.9. The van der Waals surface area contributed by atoms with Crippen LogP contribution in [-0.2, 0) is 11.2 Å². The second-order valence-corrected chi connectivity index (χ2v) is 4.88. The van der Waals surface area contributed by atoms with Gasteiger partial charge < -0.3 is 5.11 Å². The zero-order valence-electron chi connectivity index (χ0n) is 10.5. The molecule has 1 aromatic rings. The van der Waals surface area contributed by atoms with Crippen LogP contribution in [0.5, 0.6) is 0 Å². The van der Waals surface area contributed by atoms with E-state index in [1.165, 1.54) is 0 Å². The molecule has 1 aliphatic rings. The third kappa shape index (κ3) is 3.94. The van der Waals surface area contributed by atoms with E-state index in [9.17, 15) is 18.3 Å². The van der Waals surface area contributed by atoms with Crippen LogP contribution in [0.2, 0.25) is 0 Å². The lowest BCUT2D eigenvalue weighted by molar-refractivity contribution is -0.325. The Kier molecular flexibility index (Phi) is 4.47. The zero-order valence-corrected chi connectivity index (χ0v) is 10.5. The molecule has 0 amide bonds. The molecule has 1 N–H and O–H groups in total. The van der Waals surface area contributed by atoms with Crippen molar-refractivity contribution in [2.24, 2.45) is 5.92 Å². The van der Waals surface area contributed by atoms with Crippen LogP contribution >= 0.6 is 0 Å². The molecule has 0 aromatic heterocycles. The van der Waals surface area contributed by atoms with E-state index in [0.29, 0.717) is 0 Å². The third-order valence-electron chi connectivity index (χ3n) is 3.60. The van der Waals surface area contributed by atoms with Crippen LogP contribution in [0.15, 0.2) is 24.3 Å². The summed E-state index contributed by atoms with van der Waals surface area (Å²) in [5.74, 6) is -0.175. The molecular formula is C14H17F3O2. The van der Waals surface area contributed by atoms with Crippen molar-refractivity contribution >= 4 is 0 Å². The van der Waals surface area contributed by atoms with Crippen LogP contribution in [0.1, 0.15) is 36.5 Å². The summed E-state index contributed by atoms with van der Waals surface area (Å²) >= 11 is 0. The van der Waals surface area contributed by atoms with Gasteiger partial charge in [-0.25, -0.2) is 0 Å². The van der Waals surface area contributed by atoms with E-state index < -0.39 is 19.1 Å². The fourth-order valence-electron chi connectivity index (χ4n) is 2.65. The number of aryl methyl sites for hydroxylation is 1. The Bertz CT molecular complexity index is 417. The van der Waals surface area contributed by atoms with Crippen LogP contribution in [0, 0.1) is 5.92 Å². The summed E-state index contributed by atoms with van der Waals surface area (Å²) in [5.41, 5.74) is 1.94. The van der Waals surface area contributed by atoms with Crippen molar-refractivity contribution in [3.05, 3.63) is 35.4 Å². The zero-order chi connectivity index (χ0) is 13.9. The molecule has 2 atom stereocenters. The first-order valence-corrected chi connectivity index (χ1v) is 6.44. The van der Waals surface area contributed by atoms with Gasteiger partial charge in [0.05, 0.1) is 12.7 Å². The van der Waals surface area contributed by atoms with Gasteiger partial charge in [-0.05, 0) is 42.7 Å². The molecule has 0 heterocycles. The van der Waals surface area contributed by atoms with E-state index in [2.05, 4.69) is 4.74 Å². The molecule has 0 radical (unpaired) electrons. The first-order valence-electron chi connectivity index (χ1n) is 6.44. The summed E-state index contributed by atoms with van der Waals surface area (Å²) in [6.45, 7) is -0.395. The number of benzene rings is 1. The Labute approximate surface area is 110 Å². The van der Waals surface area contributed by atoms with E-state index in [-0.39, 0.29) is 12.3 Å². The molecule has 106 valence electrons. The lowest BCUT2D eigenvalue weighted by Crippen LogP contribution is -2.19. The average molecular weight is 274 g/mol. The fraction of sp³-hybridized carbons (Fsp3) is 0.571. The number of hydrogen-bond donors (Lipinski definition) is 1. The normalized spacial score (nSPS) is 23.8. The van der Waals surface area contributed by atoms with Crippen molar-refractivity contribution in [3.63, 3.8) is 0 Å². The van der Waals surface area contributed by atoms with E-state index in [1.54, 1.807) is 0 Å². The SMILES string of the molecule is OC1c2ccccc2CCCC1CCOC(F)(F)F. The Hall–Kier alpha value is -1.07. The van der Waals surface area contributed by atoms with Gasteiger partial charge in [-0.3, -0.25) is 4.74 Å². The first-order chi connectivity index (χ1) is 8.97. The molecule has 1 aliphatic carbocycles. The minimum atomic E-state index is -4.59. The van der Waals surface area contributed by atoms with Gasteiger partial charge in [-0.2, -0.15) is 0 Å². The largest absolute Gasteiger partial charge is 0.522 e. The Morgan fingerprint density at radius 2 is 2.00 bits per heavy atom. The molecule has 0 bridgehead atoms. The van der Waals surface area contributed by atoms with E-state index >= 15 is 0 Å². The molecule has 19 heavy (non-hydrogen) atoms. The summed E-state index contributed by atoms with van der Waals surface area (Å²) in [5, 5.41) is 10.3. The summed E-state index contributed by atoms with van der Waals surface area (Å²) in [7, 11) is 0. The van der Waals surface area contributed by atoms with Crippen LogP contribution in [-0.4, -0.2) is 18.1 Å². The Morgan fingerprint density at radius 1 is 1.26 bits per heavy atom. The maximum absolute atomic E-state index is 11.9. The monoisotopic (exact) mass is 274 g/mol. The van der Waals surface area contributed by atoms with Gasteiger partial charge in [0.25, 0.3) is 0 Å². The van der Waals surface area contributed by atoms with Crippen molar-refractivity contribution in [1.29, 1.82) is 0 Å². The van der Waals surface area contributed by atoms with E-state index in [4.69, 9.17) is 0 Å². The second-order valence-electron chi connectivity index (χ2n) is 4.88. The predicted octanol–water partition coefficient (Wildman–Crippen LogP) is 3.60. The number of rotatable bonds is 3. The minimum absolute atomic E-state index is 0.175. The molecule has 0 saturated carbocycles.